The molecule has 0 aliphatic heterocycles. The second-order valence-electron chi connectivity index (χ2n) is 6.17. The first kappa shape index (κ1) is 19.3. The van der Waals surface area contributed by atoms with Gasteiger partial charge in [-0.3, -0.25) is 9.69 Å². The van der Waals surface area contributed by atoms with Gasteiger partial charge >= 0.3 is 0 Å². The van der Waals surface area contributed by atoms with E-state index in [2.05, 4.69) is 5.32 Å². The van der Waals surface area contributed by atoms with Crippen LogP contribution in [-0.2, 0) is 4.79 Å². The lowest BCUT2D eigenvalue weighted by Gasteiger charge is -2.24. The number of likely N-dealkylation sites (N-methyl/N-ethyl adjacent to an activating group) is 1. The molecule has 0 spiro atoms. The molecule has 0 aromatic heterocycles. The lowest BCUT2D eigenvalue weighted by atomic mass is 10.2. The molecule has 1 atom stereocenters. The number of carbonyl (C=O) groups is 1. The van der Waals surface area contributed by atoms with Crippen molar-refractivity contribution in [2.24, 2.45) is 0 Å². The van der Waals surface area contributed by atoms with Crippen LogP contribution in [0.25, 0.3) is 0 Å². The van der Waals surface area contributed by atoms with Crippen LogP contribution in [0.4, 0.5) is 5.69 Å². The number of nitrogens with zero attached hydrogens (tertiary/aromatic N) is 1. The number of ether oxygens (including phenoxy) is 1. The summed E-state index contributed by atoms with van der Waals surface area (Å²) >= 11 is 5.85. The highest BCUT2D eigenvalue weighted by Gasteiger charge is 2.17. The molecule has 0 unspecified atom stereocenters. The predicted octanol–water partition coefficient (Wildman–Crippen LogP) is 4.38. The van der Waals surface area contributed by atoms with Crippen molar-refractivity contribution in [3.8, 4) is 5.75 Å². The van der Waals surface area contributed by atoms with Crippen molar-refractivity contribution < 1.29 is 9.53 Å². The van der Waals surface area contributed by atoms with Gasteiger partial charge in [0.25, 0.3) is 0 Å². The van der Waals surface area contributed by atoms with Crippen molar-refractivity contribution in [3.05, 3.63) is 59.1 Å². The Bertz CT molecular complexity index is 688. The van der Waals surface area contributed by atoms with Crippen molar-refractivity contribution in [2.75, 3.05) is 25.5 Å². The van der Waals surface area contributed by atoms with Gasteiger partial charge in [0.2, 0.25) is 5.91 Å². The molecule has 1 amide bonds. The van der Waals surface area contributed by atoms with Gasteiger partial charge in [-0.2, -0.15) is 0 Å². The summed E-state index contributed by atoms with van der Waals surface area (Å²) in [6.45, 7) is 5.28. The van der Waals surface area contributed by atoms with Crippen molar-refractivity contribution >= 4 is 23.2 Å². The van der Waals surface area contributed by atoms with E-state index in [1.807, 2.05) is 62.2 Å². The topological polar surface area (TPSA) is 41.6 Å². The Morgan fingerprint density at radius 3 is 2.64 bits per heavy atom. The lowest BCUT2D eigenvalue weighted by Crippen LogP contribution is -2.40. The average Bonchev–Trinajstić information content (AvgIpc) is 2.59. The van der Waals surface area contributed by atoms with E-state index in [9.17, 15) is 4.79 Å². The quantitative estimate of drug-likeness (QED) is 0.710. The first-order chi connectivity index (χ1) is 12.0. The number of nitrogens with one attached hydrogen (secondary N) is 1. The fraction of sp³-hybridized carbons (Fsp3) is 0.350. The number of rotatable bonds is 8. The zero-order valence-corrected chi connectivity index (χ0v) is 15.7. The molecule has 5 heteroatoms. The first-order valence-corrected chi connectivity index (χ1v) is 8.79. The molecule has 0 fully saturated rings. The number of carbonyl (C=O) groups excluding carboxylic acids is 1. The Balaban J connectivity index is 1.72. The molecule has 0 heterocycles. The molecule has 4 nitrogen and oxygen atoms in total. The van der Waals surface area contributed by atoms with Crippen molar-refractivity contribution in [3.63, 3.8) is 0 Å². The molecular weight excluding hydrogens is 336 g/mol. The van der Waals surface area contributed by atoms with Gasteiger partial charge in [0.15, 0.2) is 0 Å². The molecule has 0 aliphatic rings. The van der Waals surface area contributed by atoms with E-state index >= 15 is 0 Å². The van der Waals surface area contributed by atoms with Gasteiger partial charge in [0.1, 0.15) is 5.75 Å². The second kappa shape index (κ2) is 9.44. The number of aryl methyl sites for hydroxylation is 1. The molecule has 0 saturated heterocycles. The van der Waals surface area contributed by atoms with E-state index in [0.717, 1.165) is 30.0 Å². The van der Waals surface area contributed by atoms with Crippen molar-refractivity contribution in [2.45, 2.75) is 26.3 Å². The van der Waals surface area contributed by atoms with Crippen LogP contribution in [0.3, 0.4) is 0 Å². The molecule has 0 saturated carbocycles. The lowest BCUT2D eigenvalue weighted by molar-refractivity contribution is -0.120. The minimum Gasteiger partial charge on any atom is -0.494 e. The summed E-state index contributed by atoms with van der Waals surface area (Å²) < 4.78 is 5.67. The molecule has 0 radical (unpaired) electrons. The van der Waals surface area contributed by atoms with Crippen LogP contribution in [0.2, 0.25) is 5.02 Å². The monoisotopic (exact) mass is 360 g/mol. The third kappa shape index (κ3) is 6.40. The molecule has 0 aliphatic carbocycles. The van der Waals surface area contributed by atoms with Crippen molar-refractivity contribution in [1.82, 2.24) is 4.90 Å². The SMILES string of the molecule is Cc1cccc(NC(=O)[C@H](C)N(C)CCCOc2ccc(Cl)cc2)c1. The second-order valence-corrected chi connectivity index (χ2v) is 6.61. The highest BCUT2D eigenvalue weighted by Crippen LogP contribution is 2.15. The van der Waals surface area contributed by atoms with Gasteiger partial charge in [-0.15, -0.1) is 0 Å². The molecule has 134 valence electrons. The Morgan fingerprint density at radius 2 is 1.96 bits per heavy atom. The van der Waals surface area contributed by atoms with E-state index < -0.39 is 0 Å². The number of halogens is 1. The zero-order valence-electron chi connectivity index (χ0n) is 15.0. The van der Waals surface area contributed by atoms with Gasteiger partial charge < -0.3 is 10.1 Å². The van der Waals surface area contributed by atoms with Crippen LogP contribution in [0.1, 0.15) is 18.9 Å². The molecule has 0 bridgehead atoms. The molecule has 1 N–H and O–H groups in total. The van der Waals surface area contributed by atoms with E-state index in [4.69, 9.17) is 16.3 Å². The standard InChI is InChI=1S/C20H25ClN2O2/c1-15-6-4-7-18(14-15)22-20(24)16(2)23(3)12-5-13-25-19-10-8-17(21)9-11-19/h4,6-11,14,16H,5,12-13H2,1-3H3,(H,22,24)/t16-/m0/s1. The number of hydrogen-bond donors (Lipinski definition) is 1. The van der Waals surface area contributed by atoms with Crippen LogP contribution < -0.4 is 10.1 Å². The highest BCUT2D eigenvalue weighted by atomic mass is 35.5. The first-order valence-electron chi connectivity index (χ1n) is 8.42. The molecule has 2 aromatic rings. The fourth-order valence-corrected chi connectivity index (χ4v) is 2.52. The summed E-state index contributed by atoms with van der Waals surface area (Å²) in [5.41, 5.74) is 1.95. The fourth-order valence-electron chi connectivity index (χ4n) is 2.40. The van der Waals surface area contributed by atoms with Gasteiger partial charge in [-0.05, 0) is 69.3 Å². The molecule has 25 heavy (non-hydrogen) atoms. The van der Waals surface area contributed by atoms with Crippen LogP contribution >= 0.6 is 11.6 Å². The molecule has 2 aromatic carbocycles. The van der Waals surface area contributed by atoms with Crippen molar-refractivity contribution in [1.29, 1.82) is 0 Å². The van der Waals surface area contributed by atoms with E-state index in [0.29, 0.717) is 11.6 Å². The third-order valence-corrected chi connectivity index (χ3v) is 4.32. The Hall–Kier alpha value is -2.04. The third-order valence-electron chi connectivity index (χ3n) is 4.06. The predicted molar refractivity (Wildman–Crippen MR) is 103 cm³/mol. The van der Waals surface area contributed by atoms with Gasteiger partial charge in [-0.25, -0.2) is 0 Å². The van der Waals surface area contributed by atoms with Gasteiger partial charge in [0, 0.05) is 17.3 Å². The van der Waals surface area contributed by atoms with E-state index in [1.54, 1.807) is 12.1 Å². The molecular formula is C20H25ClN2O2. The van der Waals surface area contributed by atoms with Gasteiger partial charge in [0.05, 0.1) is 12.6 Å². The highest BCUT2D eigenvalue weighted by molar-refractivity contribution is 6.30. The largest absolute Gasteiger partial charge is 0.494 e. The Kier molecular flexibility index (Phi) is 7.29. The minimum atomic E-state index is -0.212. The number of hydrogen-bond acceptors (Lipinski definition) is 3. The summed E-state index contributed by atoms with van der Waals surface area (Å²) in [4.78, 5) is 14.4. The zero-order chi connectivity index (χ0) is 18.2. The summed E-state index contributed by atoms with van der Waals surface area (Å²) in [7, 11) is 1.95. The van der Waals surface area contributed by atoms with E-state index in [1.165, 1.54) is 0 Å². The summed E-state index contributed by atoms with van der Waals surface area (Å²) in [5, 5.41) is 3.66. The maximum absolute atomic E-state index is 12.4. The molecule has 2 rings (SSSR count). The smallest absolute Gasteiger partial charge is 0.241 e. The Labute approximate surface area is 154 Å². The average molecular weight is 361 g/mol. The summed E-state index contributed by atoms with van der Waals surface area (Å²) in [5.74, 6) is 0.795. The number of benzene rings is 2. The van der Waals surface area contributed by atoms with E-state index in [-0.39, 0.29) is 11.9 Å². The van der Waals surface area contributed by atoms with Gasteiger partial charge in [-0.1, -0.05) is 23.7 Å². The summed E-state index contributed by atoms with van der Waals surface area (Å²) in [6, 6.07) is 14.9. The number of amides is 1. The maximum atomic E-state index is 12.4. The minimum absolute atomic E-state index is 0.00767. The Morgan fingerprint density at radius 1 is 1.24 bits per heavy atom. The van der Waals surface area contributed by atoms with Crippen LogP contribution in [0, 0.1) is 6.92 Å². The van der Waals surface area contributed by atoms with Crippen LogP contribution in [0.15, 0.2) is 48.5 Å². The summed E-state index contributed by atoms with van der Waals surface area (Å²) in [6.07, 6.45) is 0.835. The van der Waals surface area contributed by atoms with Crippen LogP contribution in [-0.4, -0.2) is 37.0 Å². The normalized spacial score (nSPS) is 12.0. The van der Waals surface area contributed by atoms with Crippen LogP contribution in [0.5, 0.6) is 5.75 Å². The maximum Gasteiger partial charge on any atom is 0.241 e. The number of anilines is 1.